The van der Waals surface area contributed by atoms with Crippen molar-refractivity contribution in [2.24, 2.45) is 0 Å². The molecule has 0 saturated heterocycles. The van der Waals surface area contributed by atoms with Gasteiger partial charge < -0.3 is 5.11 Å². The van der Waals surface area contributed by atoms with Crippen molar-refractivity contribution in [3.63, 3.8) is 0 Å². The predicted molar refractivity (Wildman–Crippen MR) is 52.2 cm³/mol. The molecule has 1 aromatic rings. The number of carboxylic acid groups (broad SMARTS) is 1. The maximum atomic E-state index is 10.6. The molecule has 0 radical (unpaired) electrons. The Kier molecular flexibility index (Phi) is 2.48. The van der Waals surface area contributed by atoms with Gasteiger partial charge in [0.25, 0.3) is 0 Å². The topological polar surface area (TPSA) is 50.2 Å². The molecular weight excluding hydrogens is 178 g/mol. The predicted octanol–water partition coefficient (Wildman–Crippen LogP) is 1.98. The van der Waals surface area contributed by atoms with Gasteiger partial charge in [-0.05, 0) is 30.4 Å². The summed E-state index contributed by atoms with van der Waals surface area (Å²) < 4.78 is 0. The average Bonchev–Trinajstić information content (AvgIpc) is 2.04. The number of hydrogen-bond acceptors (Lipinski definition) is 2. The molecule has 1 saturated carbocycles. The highest BCUT2D eigenvalue weighted by Gasteiger charge is 2.22. The molecule has 1 aliphatic carbocycles. The lowest BCUT2D eigenvalue weighted by Gasteiger charge is -2.27. The summed E-state index contributed by atoms with van der Waals surface area (Å²) in [4.78, 5) is 14.8. The molecule has 1 aromatic heterocycles. The monoisotopic (exact) mass is 191 g/mol. The van der Waals surface area contributed by atoms with Gasteiger partial charge in [-0.2, -0.15) is 0 Å². The second-order valence-electron chi connectivity index (χ2n) is 3.74. The van der Waals surface area contributed by atoms with Crippen LogP contribution in [0.5, 0.6) is 0 Å². The average molecular weight is 191 g/mol. The van der Waals surface area contributed by atoms with E-state index in [0.717, 1.165) is 11.3 Å². The smallest absolute Gasteiger partial charge is 0.309 e. The van der Waals surface area contributed by atoms with Crippen molar-refractivity contribution in [3.8, 4) is 0 Å². The summed E-state index contributed by atoms with van der Waals surface area (Å²) in [5.74, 6) is -0.248. The molecule has 74 valence electrons. The number of aliphatic carboxylic acids is 1. The van der Waals surface area contributed by atoms with Crippen LogP contribution in [0.25, 0.3) is 0 Å². The minimum Gasteiger partial charge on any atom is -0.481 e. The van der Waals surface area contributed by atoms with Crippen molar-refractivity contribution in [1.29, 1.82) is 0 Å². The van der Waals surface area contributed by atoms with Gasteiger partial charge >= 0.3 is 5.97 Å². The summed E-state index contributed by atoms with van der Waals surface area (Å²) in [6.45, 7) is 0. The summed E-state index contributed by atoms with van der Waals surface area (Å²) in [6.07, 6.45) is 5.33. The van der Waals surface area contributed by atoms with Crippen molar-refractivity contribution in [2.75, 3.05) is 0 Å². The molecule has 3 heteroatoms. The Balaban J connectivity index is 2.23. The Morgan fingerprint density at radius 1 is 1.57 bits per heavy atom. The van der Waals surface area contributed by atoms with Crippen LogP contribution in [-0.2, 0) is 11.2 Å². The van der Waals surface area contributed by atoms with Gasteiger partial charge in [0.15, 0.2) is 0 Å². The fourth-order valence-corrected chi connectivity index (χ4v) is 1.83. The van der Waals surface area contributed by atoms with Crippen LogP contribution < -0.4 is 0 Å². The van der Waals surface area contributed by atoms with Crippen LogP contribution in [0.3, 0.4) is 0 Å². The first-order valence-corrected chi connectivity index (χ1v) is 4.93. The lowest BCUT2D eigenvalue weighted by atomic mass is 9.79. The minimum atomic E-state index is -0.802. The molecule has 0 aliphatic heterocycles. The Morgan fingerprint density at radius 2 is 2.36 bits per heavy atom. The molecule has 14 heavy (non-hydrogen) atoms. The number of carbonyl (C=O) groups is 1. The zero-order valence-electron chi connectivity index (χ0n) is 7.94. The van der Waals surface area contributed by atoms with E-state index in [1.807, 2.05) is 12.1 Å². The molecule has 0 unspecified atom stereocenters. The minimum absolute atomic E-state index is 0.0483. The van der Waals surface area contributed by atoms with Gasteiger partial charge in [-0.1, -0.05) is 12.5 Å². The largest absolute Gasteiger partial charge is 0.481 e. The Hall–Kier alpha value is -1.38. The summed E-state index contributed by atoms with van der Waals surface area (Å²) in [5, 5.41) is 8.72. The van der Waals surface area contributed by atoms with Crippen LogP contribution in [0.15, 0.2) is 18.3 Å². The van der Waals surface area contributed by atoms with Crippen LogP contribution in [0.4, 0.5) is 0 Å². The number of hydrogen-bond donors (Lipinski definition) is 1. The standard InChI is InChI=1S/C11H13NO2/c13-11(14)7-10-9(5-2-6-12-10)8-3-1-4-8/h2,5-6,8H,1,3-4,7H2,(H,13,14). The highest BCUT2D eigenvalue weighted by Crippen LogP contribution is 2.37. The molecule has 0 bridgehead atoms. The molecule has 1 heterocycles. The molecule has 1 N–H and O–H groups in total. The lowest BCUT2D eigenvalue weighted by molar-refractivity contribution is -0.136. The molecule has 0 amide bonds. The maximum Gasteiger partial charge on any atom is 0.309 e. The van der Waals surface area contributed by atoms with E-state index in [2.05, 4.69) is 4.98 Å². The van der Waals surface area contributed by atoms with Crippen molar-refractivity contribution in [3.05, 3.63) is 29.6 Å². The van der Waals surface area contributed by atoms with Crippen LogP contribution in [0.1, 0.15) is 36.4 Å². The fourth-order valence-electron chi connectivity index (χ4n) is 1.83. The van der Waals surface area contributed by atoms with Gasteiger partial charge in [-0.3, -0.25) is 9.78 Å². The molecule has 1 aliphatic rings. The number of aromatic nitrogens is 1. The fraction of sp³-hybridized carbons (Fsp3) is 0.455. The number of rotatable bonds is 3. The van der Waals surface area contributed by atoms with Crippen LogP contribution in [0, 0.1) is 0 Å². The van der Waals surface area contributed by atoms with E-state index in [1.54, 1.807) is 6.20 Å². The normalized spacial score (nSPS) is 16.3. The van der Waals surface area contributed by atoms with Crippen LogP contribution >= 0.6 is 0 Å². The van der Waals surface area contributed by atoms with Crippen LogP contribution in [-0.4, -0.2) is 16.1 Å². The Labute approximate surface area is 82.8 Å². The number of pyridine rings is 1. The van der Waals surface area contributed by atoms with Gasteiger partial charge in [-0.15, -0.1) is 0 Å². The molecule has 1 fully saturated rings. The highest BCUT2D eigenvalue weighted by molar-refractivity contribution is 5.70. The number of nitrogens with zero attached hydrogens (tertiary/aromatic N) is 1. The van der Waals surface area contributed by atoms with Gasteiger partial charge in [-0.25, -0.2) is 0 Å². The summed E-state index contributed by atoms with van der Waals surface area (Å²) in [7, 11) is 0. The highest BCUT2D eigenvalue weighted by atomic mass is 16.4. The molecule has 0 spiro atoms. The van der Waals surface area contributed by atoms with E-state index in [0.29, 0.717) is 5.92 Å². The SMILES string of the molecule is O=C(O)Cc1ncccc1C1CCC1. The molecule has 3 nitrogen and oxygen atoms in total. The molecular formula is C11H13NO2. The van der Waals surface area contributed by atoms with Crippen molar-refractivity contribution < 1.29 is 9.90 Å². The lowest BCUT2D eigenvalue weighted by Crippen LogP contribution is -2.14. The summed E-state index contributed by atoms with van der Waals surface area (Å²) in [5.41, 5.74) is 1.88. The van der Waals surface area contributed by atoms with E-state index in [1.165, 1.54) is 19.3 Å². The van der Waals surface area contributed by atoms with Gasteiger partial charge in [0.1, 0.15) is 0 Å². The third-order valence-corrected chi connectivity index (χ3v) is 2.79. The second-order valence-corrected chi connectivity index (χ2v) is 3.74. The van der Waals surface area contributed by atoms with E-state index < -0.39 is 5.97 Å². The first-order valence-electron chi connectivity index (χ1n) is 4.93. The van der Waals surface area contributed by atoms with Crippen LogP contribution in [0.2, 0.25) is 0 Å². The molecule has 0 aromatic carbocycles. The summed E-state index contributed by atoms with van der Waals surface area (Å²) >= 11 is 0. The van der Waals surface area contributed by atoms with E-state index in [9.17, 15) is 4.79 Å². The van der Waals surface area contributed by atoms with Gasteiger partial charge in [0, 0.05) is 6.20 Å². The maximum absolute atomic E-state index is 10.6. The van der Waals surface area contributed by atoms with Crippen molar-refractivity contribution in [2.45, 2.75) is 31.6 Å². The molecule has 0 atom stereocenters. The first kappa shape index (κ1) is 9.19. The van der Waals surface area contributed by atoms with Gasteiger partial charge in [0.05, 0.1) is 12.1 Å². The van der Waals surface area contributed by atoms with Crippen molar-refractivity contribution in [1.82, 2.24) is 4.98 Å². The zero-order chi connectivity index (χ0) is 9.97. The first-order chi connectivity index (χ1) is 6.77. The number of carboxylic acids is 1. The second kappa shape index (κ2) is 3.78. The quantitative estimate of drug-likeness (QED) is 0.794. The summed E-state index contributed by atoms with van der Waals surface area (Å²) in [6, 6.07) is 3.90. The van der Waals surface area contributed by atoms with E-state index in [-0.39, 0.29) is 6.42 Å². The third kappa shape index (κ3) is 1.76. The molecule has 2 rings (SSSR count). The van der Waals surface area contributed by atoms with E-state index >= 15 is 0 Å². The van der Waals surface area contributed by atoms with E-state index in [4.69, 9.17) is 5.11 Å². The Bertz CT molecular complexity index is 345. The zero-order valence-corrected chi connectivity index (χ0v) is 7.94. The van der Waals surface area contributed by atoms with Crippen molar-refractivity contribution >= 4 is 5.97 Å². The Morgan fingerprint density at radius 3 is 2.93 bits per heavy atom. The third-order valence-electron chi connectivity index (χ3n) is 2.79. The van der Waals surface area contributed by atoms with Gasteiger partial charge in [0.2, 0.25) is 0 Å².